The molecule has 4 rings (SSSR count). The van der Waals surface area contributed by atoms with E-state index in [4.69, 9.17) is 11.6 Å². The second-order valence-corrected chi connectivity index (χ2v) is 11.0. The number of nitrogens with zero attached hydrogens (tertiary/aromatic N) is 3. The Morgan fingerprint density at radius 3 is 2.55 bits per heavy atom. The fourth-order valence-corrected chi connectivity index (χ4v) is 5.71. The van der Waals surface area contributed by atoms with Crippen LogP contribution >= 0.6 is 22.9 Å². The molecule has 2 fully saturated rings. The molecule has 29 heavy (non-hydrogen) atoms. The lowest BCUT2D eigenvalue weighted by molar-refractivity contribution is -0.127. The van der Waals surface area contributed by atoms with E-state index in [2.05, 4.69) is 10.1 Å². The van der Waals surface area contributed by atoms with Crippen LogP contribution in [0.1, 0.15) is 36.3 Å². The normalized spacial score (nSPS) is 17.8. The Kier molecular flexibility index (Phi) is 5.54. The summed E-state index contributed by atoms with van der Waals surface area (Å²) < 4.78 is 25.3. The lowest BCUT2D eigenvalue weighted by Gasteiger charge is -2.13. The number of hydrazone groups is 1. The van der Waals surface area contributed by atoms with E-state index in [-0.39, 0.29) is 34.0 Å². The molecule has 10 heteroatoms. The van der Waals surface area contributed by atoms with Gasteiger partial charge in [-0.1, -0.05) is 23.7 Å². The molecular formula is C19H18ClN3O4S2. The fraction of sp³-hybridized carbons (Fsp3) is 0.368. The van der Waals surface area contributed by atoms with Crippen molar-refractivity contribution in [3.8, 4) is 0 Å². The molecule has 152 valence electrons. The molecule has 0 unspecified atom stereocenters. The van der Waals surface area contributed by atoms with Crippen molar-refractivity contribution >= 4 is 50.2 Å². The van der Waals surface area contributed by atoms with Crippen molar-refractivity contribution in [3.63, 3.8) is 0 Å². The van der Waals surface area contributed by atoms with Gasteiger partial charge in [0, 0.05) is 18.5 Å². The summed E-state index contributed by atoms with van der Waals surface area (Å²) in [5, 5.41) is 5.86. The van der Waals surface area contributed by atoms with E-state index >= 15 is 0 Å². The summed E-state index contributed by atoms with van der Waals surface area (Å²) in [6.45, 7) is 0.451. The molecule has 1 aliphatic heterocycles. The van der Waals surface area contributed by atoms with Crippen LogP contribution in [-0.4, -0.2) is 47.6 Å². The smallest absolute Gasteiger partial charge is 0.242 e. The molecule has 2 heterocycles. The van der Waals surface area contributed by atoms with Crippen LogP contribution in [0.4, 0.5) is 0 Å². The van der Waals surface area contributed by atoms with Gasteiger partial charge in [-0.3, -0.25) is 9.59 Å². The van der Waals surface area contributed by atoms with Crippen molar-refractivity contribution in [1.29, 1.82) is 0 Å². The number of sulfone groups is 1. The monoisotopic (exact) mass is 451 g/mol. The first kappa shape index (κ1) is 20.2. The van der Waals surface area contributed by atoms with Gasteiger partial charge < -0.3 is 0 Å². The van der Waals surface area contributed by atoms with Crippen molar-refractivity contribution < 1.29 is 18.0 Å². The summed E-state index contributed by atoms with van der Waals surface area (Å²) >= 11 is 7.10. The van der Waals surface area contributed by atoms with Crippen molar-refractivity contribution in [2.45, 2.75) is 42.2 Å². The van der Waals surface area contributed by atoms with Gasteiger partial charge in [-0.2, -0.15) is 5.10 Å². The van der Waals surface area contributed by atoms with Crippen LogP contribution in [0.3, 0.4) is 0 Å². The Bertz CT molecular complexity index is 1090. The van der Waals surface area contributed by atoms with Gasteiger partial charge in [0.25, 0.3) is 0 Å². The van der Waals surface area contributed by atoms with Crippen molar-refractivity contribution in [3.05, 3.63) is 45.4 Å². The van der Waals surface area contributed by atoms with Crippen LogP contribution in [0.15, 0.2) is 40.5 Å². The number of ketones is 1. The molecule has 0 bridgehead atoms. The van der Waals surface area contributed by atoms with E-state index in [1.165, 1.54) is 34.7 Å². The number of Topliss-reactive ketones (excluding diaryl/α,β-unsaturated/α-hetero) is 1. The molecule has 0 spiro atoms. The molecule has 2 aliphatic rings. The number of carbonyl (C=O) groups excluding carboxylic acids is 2. The first-order chi connectivity index (χ1) is 13.8. The Balaban J connectivity index is 1.65. The second-order valence-electron chi connectivity index (χ2n) is 7.00. The fourth-order valence-electron chi connectivity index (χ4n) is 3.10. The average molecular weight is 452 g/mol. The molecule has 1 aliphatic carbocycles. The SMILES string of the molecule is O=C(Cc1ncc(Cl)s1)/C(=N/N1CCCC1=O)c1ccc(S(=O)(=O)C2CC2)cc1. The number of rotatable bonds is 7. The maximum absolute atomic E-state index is 13.0. The van der Waals surface area contributed by atoms with Gasteiger partial charge in [-0.05, 0) is 31.4 Å². The van der Waals surface area contributed by atoms with Gasteiger partial charge in [-0.25, -0.2) is 18.4 Å². The standard InChI is InChI=1S/C19H18ClN3O4S2/c20-16-11-21-17(28-16)10-15(24)19(22-23-9-1-2-18(23)25)12-3-5-13(6-4-12)29(26,27)14-7-8-14/h3-6,11,14H,1-2,7-10H2/b22-19+. The highest BCUT2D eigenvalue weighted by Gasteiger charge is 2.36. The molecule has 1 aromatic carbocycles. The summed E-state index contributed by atoms with van der Waals surface area (Å²) in [5.74, 6) is -0.450. The highest BCUT2D eigenvalue weighted by molar-refractivity contribution is 7.92. The third kappa shape index (κ3) is 4.41. The van der Waals surface area contributed by atoms with E-state index in [9.17, 15) is 18.0 Å². The highest BCUT2D eigenvalue weighted by atomic mass is 35.5. The number of benzene rings is 1. The average Bonchev–Trinajstić information content (AvgIpc) is 3.38. The van der Waals surface area contributed by atoms with Gasteiger partial charge in [0.1, 0.15) is 15.1 Å². The molecule has 0 radical (unpaired) electrons. The van der Waals surface area contributed by atoms with E-state index in [1.54, 1.807) is 12.1 Å². The van der Waals surface area contributed by atoms with Gasteiger partial charge in [0.2, 0.25) is 5.91 Å². The zero-order chi connectivity index (χ0) is 20.6. The molecular weight excluding hydrogens is 434 g/mol. The van der Waals surface area contributed by atoms with E-state index in [1.807, 2.05) is 0 Å². The van der Waals surface area contributed by atoms with Crippen molar-refractivity contribution in [2.75, 3.05) is 6.54 Å². The zero-order valence-corrected chi connectivity index (χ0v) is 17.8. The summed E-state index contributed by atoms with van der Waals surface area (Å²) in [6.07, 6.45) is 3.93. The minimum Gasteiger partial charge on any atom is -0.292 e. The molecule has 2 aromatic rings. The molecule has 0 atom stereocenters. The molecule has 1 aromatic heterocycles. The minimum absolute atomic E-state index is 0.000372. The Labute approximate surface area is 177 Å². The van der Waals surface area contributed by atoms with Crippen LogP contribution in [0.5, 0.6) is 0 Å². The lowest BCUT2D eigenvalue weighted by atomic mass is 10.0. The summed E-state index contributed by atoms with van der Waals surface area (Å²) in [7, 11) is -3.32. The molecule has 1 saturated carbocycles. The van der Waals surface area contributed by atoms with Crippen LogP contribution in [0, 0.1) is 0 Å². The third-order valence-electron chi connectivity index (χ3n) is 4.79. The van der Waals surface area contributed by atoms with Crippen molar-refractivity contribution in [1.82, 2.24) is 9.99 Å². The maximum Gasteiger partial charge on any atom is 0.242 e. The van der Waals surface area contributed by atoms with Crippen molar-refractivity contribution in [2.24, 2.45) is 5.10 Å². The maximum atomic E-state index is 13.0. The Morgan fingerprint density at radius 2 is 2.00 bits per heavy atom. The molecule has 1 saturated heterocycles. The molecule has 1 amide bonds. The first-order valence-corrected chi connectivity index (χ1v) is 12.0. The quantitative estimate of drug-likeness (QED) is 0.603. The largest absolute Gasteiger partial charge is 0.292 e. The highest BCUT2D eigenvalue weighted by Crippen LogP contribution is 2.33. The Hall–Kier alpha value is -2.10. The number of thiazole rings is 1. The number of halogens is 1. The minimum atomic E-state index is -3.32. The third-order valence-corrected chi connectivity index (χ3v) is 8.18. The van der Waals surface area contributed by atoms with E-state index in [0.717, 1.165) is 0 Å². The van der Waals surface area contributed by atoms with Crippen LogP contribution in [0.25, 0.3) is 0 Å². The summed E-state index contributed by atoms with van der Waals surface area (Å²) in [4.78, 5) is 29.3. The molecule has 0 N–H and O–H groups in total. The van der Waals surface area contributed by atoms with E-state index in [0.29, 0.717) is 47.1 Å². The summed E-state index contributed by atoms with van der Waals surface area (Å²) in [5.41, 5.74) is 0.578. The molecule has 7 nitrogen and oxygen atoms in total. The van der Waals surface area contributed by atoms with Crippen LogP contribution in [0.2, 0.25) is 4.34 Å². The summed E-state index contributed by atoms with van der Waals surface area (Å²) in [6, 6.07) is 6.14. The number of hydrogen-bond donors (Lipinski definition) is 0. The van der Waals surface area contributed by atoms with Gasteiger partial charge in [-0.15, -0.1) is 11.3 Å². The zero-order valence-electron chi connectivity index (χ0n) is 15.4. The lowest BCUT2D eigenvalue weighted by Crippen LogP contribution is -2.26. The topological polar surface area (TPSA) is 96.8 Å². The van der Waals surface area contributed by atoms with Crippen LogP contribution in [-0.2, 0) is 25.8 Å². The van der Waals surface area contributed by atoms with E-state index < -0.39 is 9.84 Å². The number of amides is 1. The van der Waals surface area contributed by atoms with Gasteiger partial charge in [0.15, 0.2) is 15.6 Å². The van der Waals surface area contributed by atoms with Gasteiger partial charge >= 0.3 is 0 Å². The number of hydrogen-bond acceptors (Lipinski definition) is 7. The van der Waals surface area contributed by atoms with Gasteiger partial charge in [0.05, 0.1) is 22.8 Å². The Morgan fingerprint density at radius 1 is 1.28 bits per heavy atom. The first-order valence-electron chi connectivity index (χ1n) is 9.21. The predicted molar refractivity (Wildman–Crippen MR) is 110 cm³/mol. The predicted octanol–water partition coefficient (Wildman–Crippen LogP) is 2.87. The second kappa shape index (κ2) is 7.97. The number of carbonyl (C=O) groups is 2. The van der Waals surface area contributed by atoms with Crippen LogP contribution < -0.4 is 0 Å². The number of aromatic nitrogens is 1.